The summed E-state index contributed by atoms with van der Waals surface area (Å²) >= 11 is 6.76. The van der Waals surface area contributed by atoms with Crippen LogP contribution in [0, 0.1) is 10.1 Å². The number of ether oxygens (including phenoxy) is 1. The molecular formula is C13H10Br2N2O3. The molecule has 0 fully saturated rings. The molecule has 0 saturated heterocycles. The molecule has 0 aliphatic rings. The lowest BCUT2D eigenvalue weighted by molar-refractivity contribution is -0.384. The van der Waals surface area contributed by atoms with Crippen LogP contribution in [-0.2, 0) is 6.61 Å². The summed E-state index contributed by atoms with van der Waals surface area (Å²) in [6.45, 7) is 0.148. The van der Waals surface area contributed by atoms with Crippen LogP contribution in [0.2, 0.25) is 0 Å². The molecule has 2 N–H and O–H groups in total. The number of anilines is 1. The number of rotatable bonds is 4. The number of nitrogens with zero attached hydrogens (tertiary/aromatic N) is 1. The average molecular weight is 402 g/mol. The van der Waals surface area contributed by atoms with Gasteiger partial charge < -0.3 is 10.5 Å². The Balaban J connectivity index is 2.23. The summed E-state index contributed by atoms with van der Waals surface area (Å²) in [5, 5.41) is 10.8. The topological polar surface area (TPSA) is 78.4 Å². The zero-order valence-corrected chi connectivity index (χ0v) is 13.3. The third-order valence-corrected chi connectivity index (χ3v) is 3.88. The quantitative estimate of drug-likeness (QED) is 0.471. The Labute approximate surface area is 132 Å². The molecule has 0 amide bonds. The molecule has 7 heteroatoms. The lowest BCUT2D eigenvalue weighted by Gasteiger charge is -2.11. The Bertz CT molecular complexity index is 642. The summed E-state index contributed by atoms with van der Waals surface area (Å²) in [6.07, 6.45) is 0. The van der Waals surface area contributed by atoms with Crippen LogP contribution in [0.1, 0.15) is 5.56 Å². The molecule has 0 aliphatic carbocycles. The van der Waals surface area contributed by atoms with E-state index in [-0.39, 0.29) is 12.3 Å². The molecule has 0 unspecified atom stereocenters. The number of nitrogen functional groups attached to an aromatic ring is 1. The zero-order chi connectivity index (χ0) is 14.7. The smallest absolute Gasteiger partial charge is 0.269 e. The summed E-state index contributed by atoms with van der Waals surface area (Å²) in [6, 6.07) is 9.84. The molecular weight excluding hydrogens is 392 g/mol. The molecule has 0 aromatic heterocycles. The van der Waals surface area contributed by atoms with Gasteiger partial charge in [-0.1, -0.05) is 6.07 Å². The maximum absolute atomic E-state index is 10.8. The van der Waals surface area contributed by atoms with Crippen molar-refractivity contribution in [1.82, 2.24) is 0 Å². The van der Waals surface area contributed by atoms with Gasteiger partial charge in [0.1, 0.15) is 12.4 Å². The Morgan fingerprint density at radius 2 is 1.85 bits per heavy atom. The SMILES string of the molecule is Nc1ccc([N+](=O)[O-])cc1COc1c(Br)cccc1Br. The minimum absolute atomic E-state index is 0.0102. The highest BCUT2D eigenvalue weighted by molar-refractivity contribution is 9.11. The van der Waals surface area contributed by atoms with E-state index < -0.39 is 4.92 Å². The summed E-state index contributed by atoms with van der Waals surface area (Å²) in [4.78, 5) is 10.3. The minimum atomic E-state index is -0.461. The first-order valence-electron chi connectivity index (χ1n) is 5.58. The number of para-hydroxylation sites is 1. The second-order valence-corrected chi connectivity index (χ2v) is 5.69. The van der Waals surface area contributed by atoms with Gasteiger partial charge in [-0.15, -0.1) is 0 Å². The molecule has 0 aliphatic heterocycles. The Hall–Kier alpha value is -1.60. The van der Waals surface area contributed by atoms with Gasteiger partial charge in [0, 0.05) is 23.4 Å². The summed E-state index contributed by atoms with van der Waals surface area (Å²) in [5.41, 5.74) is 6.82. The van der Waals surface area contributed by atoms with Gasteiger partial charge in [-0.2, -0.15) is 0 Å². The number of nitro groups is 1. The minimum Gasteiger partial charge on any atom is -0.486 e. The van der Waals surface area contributed by atoms with E-state index in [1.54, 1.807) is 0 Å². The predicted molar refractivity (Wildman–Crippen MR) is 83.7 cm³/mol. The fraction of sp³-hybridized carbons (Fsp3) is 0.0769. The van der Waals surface area contributed by atoms with Gasteiger partial charge in [0.2, 0.25) is 0 Å². The van der Waals surface area contributed by atoms with Crippen molar-refractivity contribution in [2.24, 2.45) is 0 Å². The molecule has 2 aromatic rings. The second-order valence-electron chi connectivity index (χ2n) is 3.98. The van der Waals surface area contributed by atoms with Crippen LogP contribution in [0.15, 0.2) is 45.3 Å². The number of hydrogen-bond donors (Lipinski definition) is 1. The van der Waals surface area contributed by atoms with E-state index in [0.717, 1.165) is 8.95 Å². The van der Waals surface area contributed by atoms with E-state index in [2.05, 4.69) is 31.9 Å². The molecule has 0 saturated carbocycles. The van der Waals surface area contributed by atoms with Gasteiger partial charge >= 0.3 is 0 Å². The number of nitrogens with two attached hydrogens (primary N) is 1. The van der Waals surface area contributed by atoms with Crippen LogP contribution in [0.25, 0.3) is 0 Å². The second kappa shape index (κ2) is 6.23. The summed E-state index contributed by atoms with van der Waals surface area (Å²) in [7, 11) is 0. The van der Waals surface area contributed by atoms with Crippen LogP contribution < -0.4 is 10.5 Å². The van der Waals surface area contributed by atoms with Crippen LogP contribution in [-0.4, -0.2) is 4.92 Å². The first kappa shape index (κ1) is 14.8. The zero-order valence-electron chi connectivity index (χ0n) is 10.2. The summed E-state index contributed by atoms with van der Waals surface area (Å²) in [5.74, 6) is 0.624. The molecule has 0 spiro atoms. The van der Waals surface area contributed by atoms with Crippen LogP contribution >= 0.6 is 31.9 Å². The Morgan fingerprint density at radius 1 is 1.20 bits per heavy atom. The van der Waals surface area contributed by atoms with E-state index in [9.17, 15) is 10.1 Å². The third kappa shape index (κ3) is 3.29. The van der Waals surface area contributed by atoms with Crippen LogP contribution in [0.5, 0.6) is 5.75 Å². The van der Waals surface area contributed by atoms with Gasteiger partial charge in [0.15, 0.2) is 0 Å². The average Bonchev–Trinajstić information content (AvgIpc) is 2.39. The van der Waals surface area contributed by atoms with Crippen molar-refractivity contribution in [2.75, 3.05) is 5.73 Å². The molecule has 0 atom stereocenters. The normalized spacial score (nSPS) is 10.3. The van der Waals surface area contributed by atoms with Crippen molar-refractivity contribution in [1.29, 1.82) is 0 Å². The first-order chi connectivity index (χ1) is 9.49. The Morgan fingerprint density at radius 3 is 2.45 bits per heavy atom. The lowest BCUT2D eigenvalue weighted by Crippen LogP contribution is -2.02. The lowest BCUT2D eigenvalue weighted by atomic mass is 10.1. The maximum atomic E-state index is 10.8. The van der Waals surface area contributed by atoms with Crippen molar-refractivity contribution in [3.63, 3.8) is 0 Å². The molecule has 20 heavy (non-hydrogen) atoms. The van der Waals surface area contributed by atoms with E-state index in [4.69, 9.17) is 10.5 Å². The molecule has 0 heterocycles. The largest absolute Gasteiger partial charge is 0.486 e. The third-order valence-electron chi connectivity index (χ3n) is 2.63. The standard InChI is InChI=1S/C13H10Br2N2O3/c14-10-2-1-3-11(15)13(10)20-7-8-6-9(17(18)19)4-5-12(8)16/h1-6H,7,16H2. The monoisotopic (exact) mass is 400 g/mol. The van der Waals surface area contributed by atoms with E-state index in [1.165, 1.54) is 18.2 Å². The van der Waals surface area contributed by atoms with E-state index in [0.29, 0.717) is 17.0 Å². The maximum Gasteiger partial charge on any atom is 0.269 e. The Kier molecular flexibility index (Phi) is 4.61. The van der Waals surface area contributed by atoms with Crippen molar-refractivity contribution >= 4 is 43.2 Å². The van der Waals surface area contributed by atoms with Gasteiger partial charge in [0.05, 0.1) is 13.9 Å². The molecule has 2 aromatic carbocycles. The molecule has 104 valence electrons. The molecule has 0 bridgehead atoms. The number of nitro benzene ring substituents is 1. The van der Waals surface area contributed by atoms with Gasteiger partial charge in [0.25, 0.3) is 5.69 Å². The molecule has 5 nitrogen and oxygen atoms in total. The van der Waals surface area contributed by atoms with Crippen molar-refractivity contribution in [2.45, 2.75) is 6.61 Å². The number of non-ortho nitro benzene ring substituents is 1. The van der Waals surface area contributed by atoms with Crippen molar-refractivity contribution in [3.8, 4) is 5.75 Å². The fourth-order valence-corrected chi connectivity index (χ4v) is 2.83. The number of hydrogen-bond acceptors (Lipinski definition) is 4. The fourth-order valence-electron chi connectivity index (χ4n) is 1.60. The van der Waals surface area contributed by atoms with Crippen molar-refractivity contribution < 1.29 is 9.66 Å². The van der Waals surface area contributed by atoms with E-state index in [1.807, 2.05) is 18.2 Å². The van der Waals surface area contributed by atoms with Crippen LogP contribution in [0.3, 0.4) is 0 Å². The molecule has 0 radical (unpaired) electrons. The van der Waals surface area contributed by atoms with Gasteiger partial charge in [-0.05, 0) is 50.1 Å². The first-order valence-corrected chi connectivity index (χ1v) is 7.17. The van der Waals surface area contributed by atoms with Gasteiger partial charge in [-0.3, -0.25) is 10.1 Å². The van der Waals surface area contributed by atoms with Crippen LogP contribution in [0.4, 0.5) is 11.4 Å². The highest BCUT2D eigenvalue weighted by Crippen LogP contribution is 2.34. The number of benzene rings is 2. The van der Waals surface area contributed by atoms with E-state index >= 15 is 0 Å². The highest BCUT2D eigenvalue weighted by atomic mass is 79.9. The predicted octanol–water partition coefficient (Wildman–Crippen LogP) is 4.28. The number of halogens is 2. The molecule has 2 rings (SSSR count). The van der Waals surface area contributed by atoms with Gasteiger partial charge in [-0.25, -0.2) is 0 Å². The van der Waals surface area contributed by atoms with Crippen molar-refractivity contribution in [3.05, 3.63) is 61.0 Å². The highest BCUT2D eigenvalue weighted by Gasteiger charge is 2.11. The summed E-state index contributed by atoms with van der Waals surface area (Å²) < 4.78 is 7.25.